The number of amides is 1. The van der Waals surface area contributed by atoms with Crippen LogP contribution in [-0.2, 0) is 10.0 Å². The van der Waals surface area contributed by atoms with Crippen molar-refractivity contribution in [2.24, 2.45) is 5.14 Å². The predicted molar refractivity (Wildman–Crippen MR) is 88.4 cm³/mol. The Hall–Kier alpha value is -0.670. The molecule has 0 aromatic heterocycles. The van der Waals surface area contributed by atoms with E-state index in [1.54, 1.807) is 27.1 Å². The number of nitrogens with two attached hydrogens (primary N) is 1. The summed E-state index contributed by atoms with van der Waals surface area (Å²) < 4.78 is 23.6. The summed E-state index contributed by atoms with van der Waals surface area (Å²) >= 11 is 3.21. The summed E-state index contributed by atoms with van der Waals surface area (Å²) in [7, 11) is -0.411. The van der Waals surface area contributed by atoms with Crippen molar-refractivity contribution in [1.29, 1.82) is 0 Å². The average molecular weight is 401 g/mol. The van der Waals surface area contributed by atoms with E-state index in [0.717, 1.165) is 0 Å². The van der Waals surface area contributed by atoms with Crippen molar-refractivity contribution >= 4 is 44.3 Å². The van der Waals surface area contributed by atoms with Crippen LogP contribution in [0.1, 0.15) is 15.9 Å². The summed E-state index contributed by atoms with van der Waals surface area (Å²) in [5, 5.41) is 8.12. The lowest BCUT2D eigenvalue weighted by Gasteiger charge is -2.19. The number of primary sulfonamides is 1. The monoisotopic (exact) mass is 399 g/mol. The quantitative estimate of drug-likeness (QED) is 0.774. The van der Waals surface area contributed by atoms with Crippen molar-refractivity contribution < 1.29 is 13.2 Å². The first-order valence-corrected chi connectivity index (χ1v) is 8.25. The van der Waals surface area contributed by atoms with E-state index < -0.39 is 10.0 Å². The molecule has 0 aliphatic heterocycles. The zero-order valence-electron chi connectivity index (χ0n) is 12.0. The van der Waals surface area contributed by atoms with E-state index in [0.29, 0.717) is 28.7 Å². The van der Waals surface area contributed by atoms with Gasteiger partial charge < -0.3 is 10.2 Å². The fourth-order valence-corrected chi connectivity index (χ4v) is 3.20. The zero-order chi connectivity index (χ0) is 15.5. The molecule has 120 valence electrons. The van der Waals surface area contributed by atoms with E-state index in [4.69, 9.17) is 5.14 Å². The number of carbonyl (C=O) groups excluding carboxylic acids is 1. The molecule has 6 nitrogen and oxygen atoms in total. The van der Waals surface area contributed by atoms with Crippen molar-refractivity contribution in [3.05, 3.63) is 27.7 Å². The SMILES string of the molecule is CNCCN(C)C(=O)c1cc(Br)cc(S(N)(=O)=O)c1C.Cl. The van der Waals surface area contributed by atoms with Crippen molar-refractivity contribution in [1.82, 2.24) is 10.2 Å². The second-order valence-corrected chi connectivity index (χ2v) is 6.90. The lowest BCUT2D eigenvalue weighted by Crippen LogP contribution is -2.33. The second kappa shape index (κ2) is 8.09. The summed E-state index contributed by atoms with van der Waals surface area (Å²) in [6, 6.07) is 3.00. The van der Waals surface area contributed by atoms with Crippen LogP contribution in [0.5, 0.6) is 0 Å². The van der Waals surface area contributed by atoms with E-state index >= 15 is 0 Å². The molecule has 0 fully saturated rings. The third-order valence-electron chi connectivity index (χ3n) is 2.91. The molecule has 1 amide bonds. The van der Waals surface area contributed by atoms with Gasteiger partial charge in [0.05, 0.1) is 4.90 Å². The van der Waals surface area contributed by atoms with Gasteiger partial charge in [-0.1, -0.05) is 15.9 Å². The molecule has 0 unspecified atom stereocenters. The first-order valence-electron chi connectivity index (χ1n) is 5.91. The minimum Gasteiger partial charge on any atom is -0.340 e. The molecular weight excluding hydrogens is 382 g/mol. The van der Waals surface area contributed by atoms with Crippen molar-refractivity contribution in [2.45, 2.75) is 11.8 Å². The smallest absolute Gasteiger partial charge is 0.253 e. The number of sulfonamides is 1. The minimum atomic E-state index is -3.87. The van der Waals surface area contributed by atoms with Gasteiger partial charge in [-0.05, 0) is 31.7 Å². The van der Waals surface area contributed by atoms with Crippen LogP contribution in [0, 0.1) is 6.92 Å². The van der Waals surface area contributed by atoms with E-state index in [9.17, 15) is 13.2 Å². The van der Waals surface area contributed by atoms with Crippen LogP contribution in [0.25, 0.3) is 0 Å². The number of hydrogen-bond donors (Lipinski definition) is 2. The Morgan fingerprint density at radius 3 is 2.48 bits per heavy atom. The Bertz CT molecular complexity index is 622. The lowest BCUT2D eigenvalue weighted by molar-refractivity contribution is 0.0796. The zero-order valence-corrected chi connectivity index (χ0v) is 15.2. The Balaban J connectivity index is 0.00000400. The van der Waals surface area contributed by atoms with Gasteiger partial charge in [-0.3, -0.25) is 4.79 Å². The third-order valence-corrected chi connectivity index (χ3v) is 4.40. The highest BCUT2D eigenvalue weighted by Crippen LogP contribution is 2.24. The van der Waals surface area contributed by atoms with E-state index in [1.807, 2.05) is 0 Å². The third kappa shape index (κ3) is 5.23. The molecular formula is C12H19BrClN3O3S. The Kier molecular flexibility index (Phi) is 7.83. The first-order chi connectivity index (χ1) is 9.18. The first kappa shape index (κ1) is 20.3. The highest BCUT2D eigenvalue weighted by molar-refractivity contribution is 9.10. The molecule has 1 rings (SSSR count). The van der Waals surface area contributed by atoms with Gasteiger partial charge in [-0.15, -0.1) is 12.4 Å². The summed E-state index contributed by atoms with van der Waals surface area (Å²) in [6.45, 7) is 2.74. The predicted octanol–water partition coefficient (Wildman–Crippen LogP) is 1.12. The summed E-state index contributed by atoms with van der Waals surface area (Å²) in [5.74, 6) is -0.246. The molecule has 21 heavy (non-hydrogen) atoms. The van der Waals surface area contributed by atoms with Gasteiger partial charge in [0.15, 0.2) is 0 Å². The largest absolute Gasteiger partial charge is 0.340 e. The maximum Gasteiger partial charge on any atom is 0.253 e. The number of nitrogens with zero attached hydrogens (tertiary/aromatic N) is 1. The molecule has 0 saturated carbocycles. The molecule has 3 N–H and O–H groups in total. The second-order valence-electron chi connectivity index (χ2n) is 4.45. The number of halogens is 2. The highest BCUT2D eigenvalue weighted by atomic mass is 79.9. The molecule has 1 aromatic rings. The van der Waals surface area contributed by atoms with Gasteiger partial charge in [0.25, 0.3) is 5.91 Å². The van der Waals surface area contributed by atoms with Crippen LogP contribution < -0.4 is 10.5 Å². The fourth-order valence-electron chi connectivity index (χ4n) is 1.76. The van der Waals surface area contributed by atoms with E-state index in [1.165, 1.54) is 11.0 Å². The molecule has 0 saturated heterocycles. The van der Waals surface area contributed by atoms with Gasteiger partial charge in [-0.2, -0.15) is 0 Å². The molecule has 0 radical (unpaired) electrons. The van der Waals surface area contributed by atoms with Crippen molar-refractivity contribution in [2.75, 3.05) is 27.2 Å². The normalized spacial score (nSPS) is 10.9. The number of nitrogens with one attached hydrogen (secondary N) is 1. The van der Waals surface area contributed by atoms with E-state index in [2.05, 4.69) is 21.2 Å². The highest BCUT2D eigenvalue weighted by Gasteiger charge is 2.21. The average Bonchev–Trinajstić information content (AvgIpc) is 2.36. The molecule has 1 aromatic carbocycles. The summed E-state index contributed by atoms with van der Waals surface area (Å²) in [5.41, 5.74) is 0.680. The van der Waals surface area contributed by atoms with Crippen molar-refractivity contribution in [3.8, 4) is 0 Å². The molecule has 0 aliphatic carbocycles. The maximum atomic E-state index is 12.3. The van der Waals surface area contributed by atoms with Crippen molar-refractivity contribution in [3.63, 3.8) is 0 Å². The number of carbonyl (C=O) groups is 1. The van der Waals surface area contributed by atoms with Crippen LogP contribution in [0.15, 0.2) is 21.5 Å². The van der Waals surface area contributed by atoms with Gasteiger partial charge >= 0.3 is 0 Å². The van der Waals surface area contributed by atoms with Crippen LogP contribution in [0.2, 0.25) is 0 Å². The van der Waals surface area contributed by atoms with Gasteiger partial charge in [-0.25, -0.2) is 13.6 Å². The molecule has 9 heteroatoms. The maximum absolute atomic E-state index is 12.3. The molecule has 0 heterocycles. The summed E-state index contributed by atoms with van der Waals surface area (Å²) in [4.78, 5) is 13.8. The molecule has 0 aliphatic rings. The topological polar surface area (TPSA) is 92.5 Å². The van der Waals surface area contributed by atoms with Gasteiger partial charge in [0.1, 0.15) is 0 Å². The van der Waals surface area contributed by atoms with E-state index in [-0.39, 0.29) is 23.2 Å². The summed E-state index contributed by atoms with van der Waals surface area (Å²) in [6.07, 6.45) is 0. The molecule has 0 bridgehead atoms. The standard InChI is InChI=1S/C12H18BrN3O3S.ClH/c1-8-10(12(17)16(3)5-4-15-2)6-9(13)7-11(8)20(14,18)19;/h6-7,15H,4-5H2,1-3H3,(H2,14,18,19);1H. The number of rotatable bonds is 5. The number of benzene rings is 1. The molecule has 0 spiro atoms. The Labute approximate surface area is 139 Å². The van der Waals surface area contributed by atoms with Gasteiger partial charge in [0, 0.05) is 30.2 Å². The van der Waals surface area contributed by atoms with Crippen LogP contribution in [0.3, 0.4) is 0 Å². The van der Waals surface area contributed by atoms with Crippen LogP contribution in [0.4, 0.5) is 0 Å². The Morgan fingerprint density at radius 2 is 2.00 bits per heavy atom. The molecule has 0 atom stereocenters. The van der Waals surface area contributed by atoms with Crippen LogP contribution >= 0.6 is 28.3 Å². The fraction of sp³-hybridized carbons (Fsp3) is 0.417. The number of hydrogen-bond acceptors (Lipinski definition) is 4. The minimum absolute atomic E-state index is 0. The van der Waals surface area contributed by atoms with Gasteiger partial charge in [0.2, 0.25) is 10.0 Å². The number of likely N-dealkylation sites (N-methyl/N-ethyl adjacent to an activating group) is 2. The van der Waals surface area contributed by atoms with Crippen LogP contribution in [-0.4, -0.2) is 46.4 Å². The Morgan fingerprint density at radius 1 is 1.43 bits per heavy atom. The lowest BCUT2D eigenvalue weighted by atomic mass is 10.1.